The van der Waals surface area contributed by atoms with Crippen LogP contribution in [0.15, 0.2) is 23.1 Å². The zero-order valence-electron chi connectivity index (χ0n) is 9.65. The molecule has 0 radical (unpaired) electrons. The number of nitrogens with one attached hydrogen (secondary N) is 1. The average molecular weight is 289 g/mol. The van der Waals surface area contributed by atoms with Crippen molar-refractivity contribution in [1.29, 1.82) is 0 Å². The number of hydrogen-bond donors (Lipinski definition) is 1. The van der Waals surface area contributed by atoms with E-state index >= 15 is 0 Å². The Morgan fingerprint density at radius 3 is 2.11 bits per heavy atom. The van der Waals surface area contributed by atoms with Crippen LogP contribution in [0.5, 0.6) is 0 Å². The van der Waals surface area contributed by atoms with Gasteiger partial charge >= 0.3 is 10.2 Å². The maximum absolute atomic E-state index is 12.7. The van der Waals surface area contributed by atoms with Gasteiger partial charge in [-0.1, -0.05) is 26.4 Å². The molecule has 0 heterocycles. The molecule has 1 rings (SSSR count). The van der Waals surface area contributed by atoms with Crippen molar-refractivity contribution in [2.75, 3.05) is 12.4 Å². The monoisotopic (exact) mass is 289 g/mol. The van der Waals surface area contributed by atoms with Crippen LogP contribution >= 0.6 is 10.2 Å². The van der Waals surface area contributed by atoms with E-state index in [1.807, 2.05) is 0 Å². The quantitative estimate of drug-likeness (QED) is 0.625. The average Bonchev–Trinajstić information content (AvgIpc) is 2.24. The number of carbonyl (C=O) groups is 1. The van der Waals surface area contributed by atoms with E-state index in [4.69, 9.17) is 0 Å². The molecule has 1 aromatic rings. The number of hydrogen-bond acceptors (Lipinski definition) is 2. The summed E-state index contributed by atoms with van der Waals surface area (Å²) in [4.78, 5) is 9.29. The molecule has 0 saturated heterocycles. The van der Waals surface area contributed by atoms with E-state index in [0.29, 0.717) is 6.07 Å². The molecule has 18 heavy (non-hydrogen) atoms. The number of benzene rings is 1. The molecule has 0 aromatic heterocycles. The number of Topliss-reactive ketones (excluding diaryl/α,β-unsaturated/α-hetero) is 1. The summed E-state index contributed by atoms with van der Waals surface area (Å²) in [5, 5.41) is 2.33. The van der Waals surface area contributed by atoms with Crippen LogP contribution in [0.4, 0.5) is 25.1 Å². The Morgan fingerprint density at radius 1 is 1.17 bits per heavy atom. The second kappa shape index (κ2) is 3.59. The van der Waals surface area contributed by atoms with Crippen molar-refractivity contribution in [3.8, 4) is 0 Å². The smallest absolute Gasteiger partial charge is 0.310 e. The van der Waals surface area contributed by atoms with E-state index in [2.05, 4.69) is 5.32 Å². The number of carbonyl (C=O) groups excluding carboxylic acids is 1. The van der Waals surface area contributed by atoms with Gasteiger partial charge in [0.1, 0.15) is 4.90 Å². The largest absolute Gasteiger partial charge is 0.388 e. The predicted octanol–water partition coefficient (Wildman–Crippen LogP) is 4.98. The fourth-order valence-electron chi connectivity index (χ4n) is 1.33. The first-order valence-corrected chi connectivity index (χ1v) is 6.92. The zero-order chi connectivity index (χ0) is 14.3. The molecule has 0 aliphatic rings. The standard InChI is InChI=1S/C10H12F5NOS/c1-3-10(17)7-4-8(16-2)6-9(5-7)18(11,12,13,14)15/h4-6,16H,3H2,1-2H3. The molecule has 0 spiro atoms. The molecule has 1 aromatic carbocycles. The lowest BCUT2D eigenvalue weighted by atomic mass is 10.1. The van der Waals surface area contributed by atoms with Crippen LogP contribution in [0.25, 0.3) is 0 Å². The highest BCUT2D eigenvalue weighted by Crippen LogP contribution is 3.02. The third-order valence-electron chi connectivity index (χ3n) is 2.28. The van der Waals surface area contributed by atoms with Gasteiger partial charge in [-0.15, -0.1) is 0 Å². The van der Waals surface area contributed by atoms with Crippen LogP contribution < -0.4 is 5.32 Å². The third-order valence-corrected chi connectivity index (χ3v) is 3.41. The zero-order valence-corrected chi connectivity index (χ0v) is 10.5. The van der Waals surface area contributed by atoms with Gasteiger partial charge in [-0.3, -0.25) is 4.79 Å². The predicted molar refractivity (Wildman–Crippen MR) is 62.0 cm³/mol. The van der Waals surface area contributed by atoms with E-state index in [0.717, 1.165) is 6.07 Å². The SMILES string of the molecule is CCC(=O)c1cc(NC)cc(S(F)(F)(F)(F)F)c1. The molecule has 1 N–H and O–H groups in total. The van der Waals surface area contributed by atoms with Gasteiger partial charge < -0.3 is 5.32 Å². The summed E-state index contributed by atoms with van der Waals surface area (Å²) in [5.74, 6) is -0.629. The summed E-state index contributed by atoms with van der Waals surface area (Å²) < 4.78 is 63.4. The van der Waals surface area contributed by atoms with E-state index in [1.165, 1.54) is 14.0 Å². The molecule has 8 heteroatoms. The topological polar surface area (TPSA) is 29.1 Å². The van der Waals surface area contributed by atoms with Gasteiger partial charge in [0, 0.05) is 24.7 Å². The molecule has 2 nitrogen and oxygen atoms in total. The highest BCUT2D eigenvalue weighted by atomic mass is 32.5. The van der Waals surface area contributed by atoms with Crippen LogP contribution in [0.2, 0.25) is 0 Å². The fraction of sp³-hybridized carbons (Fsp3) is 0.300. The van der Waals surface area contributed by atoms with Crippen LogP contribution in [0, 0.1) is 0 Å². The number of ketones is 1. The van der Waals surface area contributed by atoms with E-state index in [1.54, 1.807) is 0 Å². The van der Waals surface area contributed by atoms with E-state index in [9.17, 15) is 24.2 Å². The lowest BCUT2D eigenvalue weighted by molar-refractivity contribution is 0.0988. The van der Waals surface area contributed by atoms with Gasteiger partial charge in [0.25, 0.3) is 0 Å². The van der Waals surface area contributed by atoms with E-state index < -0.39 is 20.9 Å². The maximum atomic E-state index is 12.7. The molecule has 0 aliphatic carbocycles. The van der Waals surface area contributed by atoms with Gasteiger partial charge in [0.15, 0.2) is 5.78 Å². The third kappa shape index (κ3) is 3.34. The molecule has 0 atom stereocenters. The minimum Gasteiger partial charge on any atom is -0.388 e. The lowest BCUT2D eigenvalue weighted by Crippen LogP contribution is -2.09. The van der Waals surface area contributed by atoms with Crippen LogP contribution in [0.3, 0.4) is 0 Å². The van der Waals surface area contributed by atoms with Crippen molar-refractivity contribution in [3.63, 3.8) is 0 Å². The molecular formula is C10H12F5NOS. The van der Waals surface area contributed by atoms with Crippen molar-refractivity contribution in [2.45, 2.75) is 18.2 Å². The number of rotatable bonds is 4. The second-order valence-corrected chi connectivity index (χ2v) is 6.15. The second-order valence-electron chi connectivity index (χ2n) is 3.74. The maximum Gasteiger partial charge on any atom is 0.310 e. The first-order chi connectivity index (χ1) is 7.87. The molecule has 0 aliphatic heterocycles. The Hall–Kier alpha value is -1.31. The molecule has 0 unspecified atom stereocenters. The van der Waals surface area contributed by atoms with Crippen LogP contribution in [-0.4, -0.2) is 12.8 Å². The molecule has 0 bridgehead atoms. The Balaban J connectivity index is 3.54. The Bertz CT molecular complexity index is 496. The van der Waals surface area contributed by atoms with Gasteiger partial charge in [-0.05, 0) is 18.2 Å². The van der Waals surface area contributed by atoms with Gasteiger partial charge in [0.2, 0.25) is 0 Å². The number of anilines is 1. The summed E-state index contributed by atoms with van der Waals surface area (Å²) in [6, 6.07) is 1.61. The summed E-state index contributed by atoms with van der Waals surface area (Å²) in [5.41, 5.74) is -0.565. The lowest BCUT2D eigenvalue weighted by Gasteiger charge is -2.40. The Labute approximate surface area is 101 Å². The summed E-state index contributed by atoms with van der Waals surface area (Å²) in [6.45, 7) is 1.44. The summed E-state index contributed by atoms with van der Waals surface area (Å²) >= 11 is 0. The van der Waals surface area contributed by atoms with Crippen LogP contribution in [0.1, 0.15) is 23.7 Å². The minimum atomic E-state index is -9.77. The highest BCUT2D eigenvalue weighted by molar-refractivity contribution is 8.45. The first-order valence-electron chi connectivity index (χ1n) is 4.97. The van der Waals surface area contributed by atoms with Gasteiger partial charge in [-0.25, -0.2) is 0 Å². The van der Waals surface area contributed by atoms with Gasteiger partial charge in [0.05, 0.1) is 0 Å². The van der Waals surface area contributed by atoms with Crippen molar-refractivity contribution >= 4 is 21.7 Å². The van der Waals surface area contributed by atoms with Crippen molar-refractivity contribution in [3.05, 3.63) is 23.8 Å². The normalized spacial score (nSPS) is 15.7. The minimum absolute atomic E-state index is 0.0626. The fourth-order valence-corrected chi connectivity index (χ4v) is 2.03. The van der Waals surface area contributed by atoms with E-state index in [-0.39, 0.29) is 23.7 Å². The molecular weight excluding hydrogens is 277 g/mol. The molecule has 0 saturated carbocycles. The van der Waals surface area contributed by atoms with Crippen LogP contribution in [-0.2, 0) is 0 Å². The Kier molecular flexibility index (Phi) is 2.95. The molecule has 0 fully saturated rings. The highest BCUT2D eigenvalue weighted by Gasteiger charge is 2.65. The summed E-state index contributed by atoms with van der Waals surface area (Å²) in [7, 11) is -8.49. The summed E-state index contributed by atoms with van der Waals surface area (Å²) in [6.07, 6.45) is -0.0626. The van der Waals surface area contributed by atoms with Crippen molar-refractivity contribution in [1.82, 2.24) is 0 Å². The molecule has 0 amide bonds. The van der Waals surface area contributed by atoms with Gasteiger partial charge in [-0.2, -0.15) is 0 Å². The van der Waals surface area contributed by atoms with Crippen molar-refractivity contribution in [2.24, 2.45) is 0 Å². The molecule has 104 valence electrons. The van der Waals surface area contributed by atoms with Crippen molar-refractivity contribution < 1.29 is 24.2 Å². The number of halogens is 5. The Morgan fingerprint density at radius 2 is 1.72 bits per heavy atom. The first kappa shape index (κ1) is 14.7.